The summed E-state index contributed by atoms with van der Waals surface area (Å²) in [6, 6.07) is 0. The van der Waals surface area contributed by atoms with Crippen LogP contribution in [0.15, 0.2) is 0 Å². The normalized spacial score (nSPS) is 14.8. The summed E-state index contributed by atoms with van der Waals surface area (Å²) in [7, 11) is 0. The molecule has 0 aliphatic carbocycles. The first-order chi connectivity index (χ1) is 5.64. The summed E-state index contributed by atoms with van der Waals surface area (Å²) in [5.74, 6) is 0. The minimum Gasteiger partial charge on any atom is -0.329 e. The molecule has 1 atom stereocenters. The first-order valence-corrected chi connectivity index (χ1v) is 5.90. The van der Waals surface area contributed by atoms with Crippen molar-refractivity contribution in [2.24, 2.45) is 5.73 Å². The van der Waals surface area contributed by atoms with Gasteiger partial charge in [0, 0.05) is 16.5 Å². The van der Waals surface area contributed by atoms with Crippen LogP contribution in [-0.2, 0) is 0 Å². The van der Waals surface area contributed by atoms with Gasteiger partial charge in [-0.25, -0.2) is 0 Å². The van der Waals surface area contributed by atoms with Gasteiger partial charge in [0.2, 0.25) is 0 Å². The summed E-state index contributed by atoms with van der Waals surface area (Å²) in [5.41, 5.74) is 5.81. The lowest BCUT2D eigenvalue weighted by Crippen LogP contribution is -2.34. The van der Waals surface area contributed by atoms with Gasteiger partial charge in [-0.1, -0.05) is 27.7 Å². The van der Waals surface area contributed by atoms with Crippen LogP contribution in [0.4, 0.5) is 0 Å². The molecule has 0 aromatic heterocycles. The maximum Gasteiger partial charge on any atom is 0.0279 e. The minimum atomic E-state index is 0.343. The van der Waals surface area contributed by atoms with Gasteiger partial charge in [-0.05, 0) is 19.3 Å². The van der Waals surface area contributed by atoms with Crippen LogP contribution < -0.4 is 5.73 Å². The van der Waals surface area contributed by atoms with Crippen LogP contribution >= 0.6 is 11.8 Å². The standard InChI is InChI=1S/C10H23NS/c1-5-9(4)12-10(6-2,7-3)8-11/h9H,5-8,11H2,1-4H3. The van der Waals surface area contributed by atoms with Crippen molar-refractivity contribution in [1.29, 1.82) is 0 Å². The fourth-order valence-corrected chi connectivity index (χ4v) is 2.71. The molecule has 1 unspecified atom stereocenters. The van der Waals surface area contributed by atoms with Crippen LogP contribution in [0.25, 0.3) is 0 Å². The summed E-state index contributed by atoms with van der Waals surface area (Å²) in [6.45, 7) is 9.83. The van der Waals surface area contributed by atoms with Gasteiger partial charge in [-0.3, -0.25) is 0 Å². The molecule has 2 N–H and O–H groups in total. The van der Waals surface area contributed by atoms with Gasteiger partial charge < -0.3 is 5.73 Å². The molecule has 0 bridgehead atoms. The van der Waals surface area contributed by atoms with E-state index in [2.05, 4.69) is 39.5 Å². The molecule has 1 nitrogen and oxygen atoms in total. The Hall–Kier alpha value is 0.310. The highest BCUT2D eigenvalue weighted by atomic mass is 32.2. The van der Waals surface area contributed by atoms with Crippen LogP contribution in [0, 0.1) is 0 Å². The zero-order chi connectivity index (χ0) is 9.61. The van der Waals surface area contributed by atoms with E-state index in [1.807, 2.05) is 0 Å². The van der Waals surface area contributed by atoms with E-state index >= 15 is 0 Å². The predicted octanol–water partition coefficient (Wildman–Crippen LogP) is 3.04. The van der Waals surface area contributed by atoms with Crippen molar-refractivity contribution in [1.82, 2.24) is 0 Å². The lowest BCUT2D eigenvalue weighted by molar-refractivity contribution is 0.554. The molecule has 0 saturated carbocycles. The Morgan fingerprint density at radius 1 is 1.25 bits per heavy atom. The van der Waals surface area contributed by atoms with E-state index in [1.165, 1.54) is 19.3 Å². The van der Waals surface area contributed by atoms with Gasteiger partial charge >= 0.3 is 0 Å². The molecule has 0 heterocycles. The van der Waals surface area contributed by atoms with Crippen LogP contribution in [0.1, 0.15) is 47.0 Å². The Bertz CT molecular complexity index is 102. The van der Waals surface area contributed by atoms with Crippen LogP contribution in [0.3, 0.4) is 0 Å². The first-order valence-electron chi connectivity index (χ1n) is 5.02. The molecule has 12 heavy (non-hydrogen) atoms. The molecule has 0 aliphatic heterocycles. The van der Waals surface area contributed by atoms with E-state index in [-0.39, 0.29) is 0 Å². The predicted molar refractivity (Wildman–Crippen MR) is 59.7 cm³/mol. The summed E-state index contributed by atoms with van der Waals surface area (Å²) in [4.78, 5) is 0. The van der Waals surface area contributed by atoms with Crippen molar-refractivity contribution >= 4 is 11.8 Å². The monoisotopic (exact) mass is 189 g/mol. The molecule has 0 aromatic carbocycles. The topological polar surface area (TPSA) is 26.0 Å². The molecule has 0 aliphatic rings. The summed E-state index contributed by atoms with van der Waals surface area (Å²) >= 11 is 2.07. The Morgan fingerprint density at radius 2 is 1.75 bits per heavy atom. The maximum absolute atomic E-state index is 5.81. The summed E-state index contributed by atoms with van der Waals surface area (Å²) in [6.07, 6.45) is 3.62. The smallest absolute Gasteiger partial charge is 0.0279 e. The van der Waals surface area contributed by atoms with Gasteiger partial charge in [0.05, 0.1) is 0 Å². The Balaban J connectivity index is 4.09. The Morgan fingerprint density at radius 3 is 2.00 bits per heavy atom. The molecule has 0 amide bonds. The van der Waals surface area contributed by atoms with Crippen molar-refractivity contribution < 1.29 is 0 Å². The molecule has 2 heteroatoms. The van der Waals surface area contributed by atoms with Crippen molar-refractivity contribution in [3.8, 4) is 0 Å². The second-order valence-corrected chi connectivity index (χ2v) is 5.34. The largest absolute Gasteiger partial charge is 0.329 e. The number of hydrogen-bond acceptors (Lipinski definition) is 2. The zero-order valence-corrected chi connectivity index (χ0v) is 9.71. The number of nitrogens with two attached hydrogens (primary N) is 1. The van der Waals surface area contributed by atoms with Crippen molar-refractivity contribution in [2.75, 3.05) is 6.54 Å². The number of rotatable bonds is 6. The lowest BCUT2D eigenvalue weighted by Gasteiger charge is -2.32. The van der Waals surface area contributed by atoms with E-state index in [9.17, 15) is 0 Å². The Kier molecular flexibility index (Phi) is 6.02. The molecule has 0 radical (unpaired) electrons. The van der Waals surface area contributed by atoms with Crippen molar-refractivity contribution in [3.63, 3.8) is 0 Å². The summed E-state index contributed by atoms with van der Waals surface area (Å²) < 4.78 is 0.343. The highest BCUT2D eigenvalue weighted by Crippen LogP contribution is 2.35. The van der Waals surface area contributed by atoms with E-state index in [4.69, 9.17) is 5.73 Å². The van der Waals surface area contributed by atoms with Crippen LogP contribution in [0.2, 0.25) is 0 Å². The quantitative estimate of drug-likeness (QED) is 0.695. The van der Waals surface area contributed by atoms with Crippen molar-refractivity contribution in [3.05, 3.63) is 0 Å². The van der Waals surface area contributed by atoms with Gasteiger partial charge in [-0.2, -0.15) is 11.8 Å². The van der Waals surface area contributed by atoms with Crippen LogP contribution in [-0.4, -0.2) is 16.5 Å². The average Bonchev–Trinajstić information content (AvgIpc) is 2.14. The van der Waals surface area contributed by atoms with E-state index in [0.29, 0.717) is 4.75 Å². The highest BCUT2D eigenvalue weighted by molar-refractivity contribution is 8.01. The van der Waals surface area contributed by atoms with Crippen LogP contribution in [0.5, 0.6) is 0 Å². The van der Waals surface area contributed by atoms with E-state index < -0.39 is 0 Å². The second kappa shape index (κ2) is 5.87. The minimum absolute atomic E-state index is 0.343. The van der Waals surface area contributed by atoms with Gasteiger partial charge in [-0.15, -0.1) is 0 Å². The highest BCUT2D eigenvalue weighted by Gasteiger charge is 2.26. The molecule has 74 valence electrons. The molecular weight excluding hydrogens is 166 g/mol. The van der Waals surface area contributed by atoms with E-state index in [1.54, 1.807) is 0 Å². The first kappa shape index (κ1) is 12.3. The molecule has 0 aromatic rings. The third-order valence-corrected chi connectivity index (χ3v) is 4.67. The fourth-order valence-electron chi connectivity index (χ4n) is 1.26. The second-order valence-electron chi connectivity index (χ2n) is 3.43. The molecule has 0 fully saturated rings. The number of hydrogen-bond donors (Lipinski definition) is 1. The lowest BCUT2D eigenvalue weighted by atomic mass is 10.0. The average molecular weight is 189 g/mol. The molecule has 0 saturated heterocycles. The molecule has 0 spiro atoms. The Labute approximate surface area is 81.5 Å². The fraction of sp³-hybridized carbons (Fsp3) is 1.00. The number of thioether (sulfide) groups is 1. The van der Waals surface area contributed by atoms with Gasteiger partial charge in [0.15, 0.2) is 0 Å². The van der Waals surface area contributed by atoms with Crippen molar-refractivity contribution in [2.45, 2.75) is 57.0 Å². The summed E-state index contributed by atoms with van der Waals surface area (Å²) in [5, 5.41) is 0.744. The van der Waals surface area contributed by atoms with Gasteiger partial charge in [0.1, 0.15) is 0 Å². The third-order valence-electron chi connectivity index (χ3n) is 2.69. The molecule has 0 rings (SSSR count). The molecular formula is C10H23NS. The van der Waals surface area contributed by atoms with Gasteiger partial charge in [0.25, 0.3) is 0 Å². The third kappa shape index (κ3) is 3.36. The zero-order valence-electron chi connectivity index (χ0n) is 8.89. The SMILES string of the molecule is CCC(C)SC(CC)(CC)CN. The maximum atomic E-state index is 5.81. The van der Waals surface area contributed by atoms with E-state index in [0.717, 1.165) is 11.8 Å².